The van der Waals surface area contributed by atoms with Crippen LogP contribution in [0.2, 0.25) is 0 Å². The van der Waals surface area contributed by atoms with Crippen LogP contribution < -0.4 is 5.73 Å². The van der Waals surface area contributed by atoms with Crippen LogP contribution in [-0.2, 0) is 4.74 Å². The maximum Gasteiger partial charge on any atom is 0.107 e. The Labute approximate surface area is 44.7 Å². The van der Waals surface area contributed by atoms with E-state index >= 15 is 0 Å². The number of nitrogens with two attached hydrogens (primary N) is 1. The normalized spacial score (nSPS) is 15.0. The van der Waals surface area contributed by atoms with E-state index in [1.54, 1.807) is 7.11 Å². The highest BCUT2D eigenvalue weighted by Crippen LogP contribution is 1.96. The van der Waals surface area contributed by atoms with Crippen molar-refractivity contribution in [2.24, 2.45) is 11.7 Å². The summed E-state index contributed by atoms with van der Waals surface area (Å²) in [5, 5.41) is 0. The minimum atomic E-state index is -0.0972. The van der Waals surface area contributed by atoms with Crippen LogP contribution >= 0.6 is 0 Å². The Bertz CT molecular complexity index is 45.3. The largest absolute Gasteiger partial charge is 0.367 e. The molecule has 0 aliphatic heterocycles. The van der Waals surface area contributed by atoms with E-state index in [2.05, 4.69) is 0 Å². The molecule has 0 bridgehead atoms. The van der Waals surface area contributed by atoms with Gasteiger partial charge in [-0.1, -0.05) is 13.8 Å². The van der Waals surface area contributed by atoms with Gasteiger partial charge in [-0.25, -0.2) is 0 Å². The second kappa shape index (κ2) is 2.99. The summed E-state index contributed by atoms with van der Waals surface area (Å²) in [4.78, 5) is 0. The molecule has 0 saturated heterocycles. The lowest BCUT2D eigenvalue weighted by atomic mass is 10.2. The molecule has 0 fully saturated rings. The van der Waals surface area contributed by atoms with Gasteiger partial charge in [-0.2, -0.15) is 0 Å². The van der Waals surface area contributed by atoms with Crippen molar-refractivity contribution in [3.05, 3.63) is 0 Å². The molecule has 0 aromatic rings. The third-order valence-corrected chi connectivity index (χ3v) is 0.929. The van der Waals surface area contributed by atoms with Gasteiger partial charge in [0, 0.05) is 7.11 Å². The number of rotatable bonds is 2. The first-order chi connectivity index (χ1) is 3.18. The van der Waals surface area contributed by atoms with Gasteiger partial charge in [0.1, 0.15) is 6.23 Å². The molecule has 0 amide bonds. The van der Waals surface area contributed by atoms with E-state index in [0.717, 1.165) is 0 Å². The van der Waals surface area contributed by atoms with Gasteiger partial charge >= 0.3 is 0 Å². The van der Waals surface area contributed by atoms with Gasteiger partial charge in [-0.3, -0.25) is 0 Å². The summed E-state index contributed by atoms with van der Waals surface area (Å²) in [7, 11) is 1.62. The van der Waals surface area contributed by atoms with E-state index in [4.69, 9.17) is 10.5 Å². The maximum atomic E-state index is 5.39. The monoisotopic (exact) mass is 103 g/mol. The third-order valence-electron chi connectivity index (χ3n) is 0.929. The average molecular weight is 103 g/mol. The van der Waals surface area contributed by atoms with Gasteiger partial charge in [0.15, 0.2) is 0 Å². The van der Waals surface area contributed by atoms with Crippen molar-refractivity contribution in [1.82, 2.24) is 0 Å². The lowest BCUT2D eigenvalue weighted by molar-refractivity contribution is 0.0706. The van der Waals surface area contributed by atoms with Crippen LogP contribution in [0.1, 0.15) is 13.8 Å². The Morgan fingerprint density at radius 3 is 1.86 bits per heavy atom. The molecular formula is C5H13NO. The van der Waals surface area contributed by atoms with Crippen molar-refractivity contribution in [2.45, 2.75) is 20.1 Å². The van der Waals surface area contributed by atoms with Gasteiger partial charge < -0.3 is 10.5 Å². The van der Waals surface area contributed by atoms with Crippen molar-refractivity contribution >= 4 is 0 Å². The van der Waals surface area contributed by atoms with Crippen LogP contribution in [0, 0.1) is 5.92 Å². The molecule has 0 aromatic carbocycles. The van der Waals surface area contributed by atoms with Gasteiger partial charge in [-0.05, 0) is 5.92 Å². The van der Waals surface area contributed by atoms with E-state index < -0.39 is 0 Å². The topological polar surface area (TPSA) is 35.2 Å². The summed E-state index contributed by atoms with van der Waals surface area (Å²) >= 11 is 0. The predicted molar refractivity (Wildman–Crippen MR) is 29.8 cm³/mol. The molecule has 0 radical (unpaired) electrons. The first-order valence-electron chi connectivity index (χ1n) is 2.47. The van der Waals surface area contributed by atoms with Crippen LogP contribution in [0.4, 0.5) is 0 Å². The standard InChI is InChI=1S/C5H13NO/c1-4(2)5(6)7-3/h4-5H,6H2,1-3H3/t5-/m0/s1. The Morgan fingerprint density at radius 1 is 1.43 bits per heavy atom. The number of ether oxygens (including phenoxy) is 1. The zero-order valence-electron chi connectivity index (χ0n) is 5.14. The van der Waals surface area contributed by atoms with Crippen LogP contribution in [0.5, 0.6) is 0 Å². The molecule has 0 aliphatic rings. The smallest absolute Gasteiger partial charge is 0.107 e. The molecule has 44 valence electrons. The SMILES string of the molecule is CO[C@H](N)C(C)C. The zero-order chi connectivity index (χ0) is 5.86. The second-order valence-electron chi connectivity index (χ2n) is 1.94. The molecule has 2 nitrogen and oxygen atoms in total. The van der Waals surface area contributed by atoms with Gasteiger partial charge in [0.25, 0.3) is 0 Å². The number of hydrogen-bond donors (Lipinski definition) is 1. The van der Waals surface area contributed by atoms with Crippen LogP contribution in [0.15, 0.2) is 0 Å². The fourth-order valence-corrected chi connectivity index (χ4v) is 0.272. The van der Waals surface area contributed by atoms with Crippen molar-refractivity contribution < 1.29 is 4.74 Å². The quantitative estimate of drug-likeness (QED) is 0.519. The average Bonchev–Trinajstić information content (AvgIpc) is 1.65. The minimum absolute atomic E-state index is 0.0972. The van der Waals surface area contributed by atoms with Gasteiger partial charge in [-0.15, -0.1) is 0 Å². The summed E-state index contributed by atoms with van der Waals surface area (Å²) in [5.74, 6) is 0.421. The summed E-state index contributed by atoms with van der Waals surface area (Å²) < 4.78 is 4.79. The predicted octanol–water partition coefficient (Wildman–Crippen LogP) is 0.574. The van der Waals surface area contributed by atoms with E-state index in [0.29, 0.717) is 5.92 Å². The summed E-state index contributed by atoms with van der Waals surface area (Å²) in [6, 6.07) is 0. The first kappa shape index (κ1) is 6.92. The molecule has 2 heteroatoms. The summed E-state index contributed by atoms with van der Waals surface area (Å²) in [6.07, 6.45) is -0.0972. The molecule has 0 aromatic heterocycles. The van der Waals surface area contributed by atoms with Crippen molar-refractivity contribution in [1.29, 1.82) is 0 Å². The highest BCUT2D eigenvalue weighted by Gasteiger charge is 2.02. The second-order valence-corrected chi connectivity index (χ2v) is 1.94. The van der Waals surface area contributed by atoms with E-state index in [9.17, 15) is 0 Å². The molecule has 7 heavy (non-hydrogen) atoms. The lowest BCUT2D eigenvalue weighted by Crippen LogP contribution is -2.27. The van der Waals surface area contributed by atoms with E-state index in [1.807, 2.05) is 13.8 Å². The van der Waals surface area contributed by atoms with Gasteiger partial charge in [0.05, 0.1) is 0 Å². The molecule has 1 atom stereocenters. The highest BCUT2D eigenvalue weighted by atomic mass is 16.5. The fraction of sp³-hybridized carbons (Fsp3) is 1.00. The van der Waals surface area contributed by atoms with E-state index in [1.165, 1.54) is 0 Å². The molecule has 0 saturated carbocycles. The summed E-state index contributed by atoms with van der Waals surface area (Å²) in [6.45, 7) is 4.04. The first-order valence-corrected chi connectivity index (χ1v) is 2.47. The Balaban J connectivity index is 3.14. The Hall–Kier alpha value is -0.0800. The molecule has 0 rings (SSSR count). The number of methoxy groups -OCH3 is 1. The minimum Gasteiger partial charge on any atom is -0.367 e. The molecule has 0 heterocycles. The zero-order valence-corrected chi connectivity index (χ0v) is 5.14. The van der Waals surface area contributed by atoms with E-state index in [-0.39, 0.29) is 6.23 Å². The van der Waals surface area contributed by atoms with Gasteiger partial charge in [0.2, 0.25) is 0 Å². The fourth-order valence-electron chi connectivity index (χ4n) is 0.272. The van der Waals surface area contributed by atoms with Crippen LogP contribution in [-0.4, -0.2) is 13.3 Å². The third kappa shape index (κ3) is 2.60. The maximum absolute atomic E-state index is 5.39. The lowest BCUT2D eigenvalue weighted by Gasteiger charge is -2.11. The van der Waals surface area contributed by atoms with Crippen molar-refractivity contribution in [3.63, 3.8) is 0 Å². The van der Waals surface area contributed by atoms with Crippen LogP contribution in [0.3, 0.4) is 0 Å². The number of hydrogen-bond acceptors (Lipinski definition) is 2. The van der Waals surface area contributed by atoms with Crippen molar-refractivity contribution in [2.75, 3.05) is 7.11 Å². The molecule has 0 unspecified atom stereocenters. The van der Waals surface area contributed by atoms with Crippen LogP contribution in [0.25, 0.3) is 0 Å². The Kier molecular flexibility index (Phi) is 2.96. The molecular weight excluding hydrogens is 90.1 g/mol. The summed E-state index contributed by atoms with van der Waals surface area (Å²) in [5.41, 5.74) is 5.39. The molecule has 2 N–H and O–H groups in total. The highest BCUT2D eigenvalue weighted by molar-refractivity contribution is 4.49. The Morgan fingerprint density at radius 2 is 1.86 bits per heavy atom. The molecule has 0 aliphatic carbocycles. The van der Waals surface area contributed by atoms with Crippen molar-refractivity contribution in [3.8, 4) is 0 Å². The molecule has 0 spiro atoms.